The first-order valence-corrected chi connectivity index (χ1v) is 13.3. The van der Waals surface area contributed by atoms with Gasteiger partial charge < -0.3 is 15.5 Å². The summed E-state index contributed by atoms with van der Waals surface area (Å²) in [6.07, 6.45) is 0. The summed E-state index contributed by atoms with van der Waals surface area (Å²) in [6.45, 7) is 8.30. The lowest BCUT2D eigenvalue weighted by molar-refractivity contribution is -0.116. The molecule has 1 aromatic heterocycles. The van der Waals surface area contributed by atoms with Gasteiger partial charge >= 0.3 is 6.03 Å². The van der Waals surface area contributed by atoms with Crippen molar-refractivity contribution in [3.05, 3.63) is 94.6 Å². The van der Waals surface area contributed by atoms with Crippen LogP contribution >= 0.6 is 15.9 Å². The van der Waals surface area contributed by atoms with Crippen LogP contribution in [0.25, 0.3) is 16.8 Å². The fourth-order valence-electron chi connectivity index (χ4n) is 4.31. The number of urea groups is 1. The first-order valence-electron chi connectivity index (χ1n) is 12.6. The molecule has 7 nitrogen and oxygen atoms in total. The van der Waals surface area contributed by atoms with Crippen LogP contribution in [0.3, 0.4) is 0 Å². The molecule has 0 bridgehead atoms. The number of para-hydroxylation sites is 1. The van der Waals surface area contributed by atoms with Crippen molar-refractivity contribution in [1.29, 1.82) is 0 Å². The summed E-state index contributed by atoms with van der Waals surface area (Å²) in [5.41, 5.74) is 5.15. The maximum atomic E-state index is 13.5. The Bertz CT molecular complexity index is 1410. The second kappa shape index (κ2) is 12.1. The lowest BCUT2D eigenvalue weighted by atomic mass is 10.1. The van der Waals surface area contributed by atoms with Gasteiger partial charge in [-0.05, 0) is 61.2 Å². The van der Waals surface area contributed by atoms with E-state index < -0.39 is 0 Å². The van der Waals surface area contributed by atoms with E-state index in [1.54, 1.807) is 4.68 Å². The number of halogens is 1. The predicted octanol–water partition coefficient (Wildman–Crippen LogP) is 7.05. The number of hydrogen-bond donors (Lipinski definition) is 2. The van der Waals surface area contributed by atoms with Gasteiger partial charge in [0.15, 0.2) is 0 Å². The summed E-state index contributed by atoms with van der Waals surface area (Å²) >= 11 is 3.41. The van der Waals surface area contributed by atoms with Crippen molar-refractivity contribution in [1.82, 2.24) is 14.7 Å². The van der Waals surface area contributed by atoms with Gasteiger partial charge in [-0.1, -0.05) is 78.3 Å². The molecule has 0 unspecified atom stereocenters. The standard InChI is InChI=1S/C30H32BrN5O2/c1-20(2)18-35(30(38)32-25-16-14-24(31)15-17-25)19-27(37)33-29-28(23-11-6-5-7-12-23)22(4)34-36(29)26-13-9-8-10-21(26)3/h5-17,20H,18-19H2,1-4H3,(H,32,38)(H,33,37). The highest BCUT2D eigenvalue weighted by atomic mass is 79.9. The van der Waals surface area contributed by atoms with Crippen LogP contribution in [0.1, 0.15) is 25.1 Å². The summed E-state index contributed by atoms with van der Waals surface area (Å²) in [6, 6.07) is 24.8. The summed E-state index contributed by atoms with van der Waals surface area (Å²) in [5, 5.41) is 10.8. The number of nitrogens with one attached hydrogen (secondary N) is 2. The van der Waals surface area contributed by atoms with Gasteiger partial charge in [0, 0.05) is 22.3 Å². The smallest absolute Gasteiger partial charge is 0.315 e. The van der Waals surface area contributed by atoms with Gasteiger partial charge in [0.05, 0.1) is 11.4 Å². The summed E-state index contributed by atoms with van der Waals surface area (Å²) in [7, 11) is 0. The number of rotatable bonds is 8. The molecule has 4 aromatic rings. The zero-order valence-corrected chi connectivity index (χ0v) is 23.6. The third-order valence-electron chi connectivity index (χ3n) is 6.03. The molecule has 0 radical (unpaired) electrons. The fraction of sp³-hybridized carbons (Fsp3) is 0.233. The van der Waals surface area contributed by atoms with Gasteiger partial charge in [-0.25, -0.2) is 9.48 Å². The van der Waals surface area contributed by atoms with E-state index in [9.17, 15) is 9.59 Å². The number of aromatic nitrogens is 2. The third-order valence-corrected chi connectivity index (χ3v) is 6.56. The lowest BCUT2D eigenvalue weighted by Gasteiger charge is -2.24. The number of amides is 3. The highest BCUT2D eigenvalue weighted by Gasteiger charge is 2.24. The molecule has 0 spiro atoms. The van der Waals surface area contributed by atoms with Crippen LogP contribution in [0.4, 0.5) is 16.3 Å². The van der Waals surface area contributed by atoms with Gasteiger partial charge in [0.25, 0.3) is 0 Å². The van der Waals surface area contributed by atoms with E-state index in [4.69, 9.17) is 5.10 Å². The number of benzene rings is 3. The summed E-state index contributed by atoms with van der Waals surface area (Å²) in [4.78, 5) is 28.2. The van der Waals surface area contributed by atoms with E-state index >= 15 is 0 Å². The minimum atomic E-state index is -0.331. The number of hydrogen-bond acceptors (Lipinski definition) is 3. The highest BCUT2D eigenvalue weighted by molar-refractivity contribution is 9.10. The molecule has 3 aromatic carbocycles. The van der Waals surface area contributed by atoms with Crippen molar-refractivity contribution in [2.75, 3.05) is 23.7 Å². The SMILES string of the molecule is Cc1ccccc1-n1nc(C)c(-c2ccccc2)c1NC(=O)CN(CC(C)C)C(=O)Nc1ccc(Br)cc1. The molecule has 0 aliphatic heterocycles. The summed E-state index contributed by atoms with van der Waals surface area (Å²) in [5.74, 6) is 0.451. The normalized spacial score (nSPS) is 10.9. The van der Waals surface area contributed by atoms with Crippen molar-refractivity contribution < 1.29 is 9.59 Å². The summed E-state index contributed by atoms with van der Waals surface area (Å²) < 4.78 is 2.70. The largest absolute Gasteiger partial charge is 0.322 e. The predicted molar refractivity (Wildman–Crippen MR) is 157 cm³/mol. The Morgan fingerprint density at radius 2 is 1.58 bits per heavy atom. The monoisotopic (exact) mass is 573 g/mol. The molecule has 4 rings (SSSR count). The lowest BCUT2D eigenvalue weighted by Crippen LogP contribution is -2.42. The zero-order valence-electron chi connectivity index (χ0n) is 22.0. The van der Waals surface area contributed by atoms with Crippen LogP contribution in [-0.4, -0.2) is 39.7 Å². The quantitative estimate of drug-likeness (QED) is 0.237. The van der Waals surface area contributed by atoms with Crippen molar-refractivity contribution >= 4 is 39.4 Å². The van der Waals surface area contributed by atoms with Crippen molar-refractivity contribution in [3.63, 3.8) is 0 Å². The van der Waals surface area contributed by atoms with Crippen molar-refractivity contribution in [2.24, 2.45) is 5.92 Å². The second-order valence-corrected chi connectivity index (χ2v) is 10.5. The Labute approximate surface area is 232 Å². The van der Waals surface area contributed by atoms with E-state index in [-0.39, 0.29) is 24.4 Å². The number of anilines is 2. The fourth-order valence-corrected chi connectivity index (χ4v) is 4.57. The van der Waals surface area contributed by atoms with Crippen LogP contribution in [-0.2, 0) is 4.79 Å². The van der Waals surface area contributed by atoms with E-state index in [0.717, 1.165) is 32.5 Å². The van der Waals surface area contributed by atoms with E-state index in [2.05, 4.69) is 26.6 Å². The average molecular weight is 575 g/mol. The molecule has 8 heteroatoms. The molecule has 0 aliphatic rings. The van der Waals surface area contributed by atoms with Crippen LogP contribution in [0.15, 0.2) is 83.3 Å². The molecule has 38 heavy (non-hydrogen) atoms. The highest BCUT2D eigenvalue weighted by Crippen LogP contribution is 2.34. The molecular formula is C30H32BrN5O2. The Balaban J connectivity index is 1.64. The topological polar surface area (TPSA) is 79.3 Å². The minimum absolute atomic E-state index is 0.104. The molecular weight excluding hydrogens is 542 g/mol. The molecule has 3 amide bonds. The van der Waals surface area contributed by atoms with Gasteiger partial charge in [-0.15, -0.1) is 0 Å². The zero-order chi connectivity index (χ0) is 27.2. The van der Waals surface area contributed by atoms with Crippen LogP contribution < -0.4 is 10.6 Å². The van der Waals surface area contributed by atoms with Crippen LogP contribution in [0, 0.1) is 19.8 Å². The van der Waals surface area contributed by atoms with Gasteiger partial charge in [0.1, 0.15) is 12.4 Å². The van der Waals surface area contributed by atoms with Crippen LogP contribution in [0.5, 0.6) is 0 Å². The molecule has 1 heterocycles. The molecule has 0 saturated carbocycles. The van der Waals surface area contributed by atoms with Gasteiger partial charge in [-0.3, -0.25) is 4.79 Å². The van der Waals surface area contributed by atoms with Crippen molar-refractivity contribution in [3.8, 4) is 16.8 Å². The first-order chi connectivity index (χ1) is 18.2. The molecule has 0 saturated heterocycles. The van der Waals surface area contributed by atoms with E-state index in [0.29, 0.717) is 18.1 Å². The van der Waals surface area contributed by atoms with E-state index in [1.807, 2.05) is 107 Å². The Morgan fingerprint density at radius 1 is 0.921 bits per heavy atom. The minimum Gasteiger partial charge on any atom is -0.315 e. The number of carbonyl (C=O) groups is 2. The first kappa shape index (κ1) is 27.1. The maximum absolute atomic E-state index is 13.5. The molecule has 0 aliphatic carbocycles. The number of nitrogens with zero attached hydrogens (tertiary/aromatic N) is 3. The Morgan fingerprint density at radius 3 is 2.24 bits per heavy atom. The average Bonchev–Trinajstić information content (AvgIpc) is 3.20. The third kappa shape index (κ3) is 6.50. The van der Waals surface area contributed by atoms with Crippen LogP contribution in [0.2, 0.25) is 0 Å². The molecule has 0 atom stereocenters. The van der Waals surface area contributed by atoms with Crippen molar-refractivity contribution in [2.45, 2.75) is 27.7 Å². The number of aryl methyl sites for hydroxylation is 2. The van der Waals surface area contributed by atoms with Gasteiger partial charge in [-0.2, -0.15) is 5.10 Å². The number of carbonyl (C=O) groups excluding carboxylic acids is 2. The van der Waals surface area contributed by atoms with Gasteiger partial charge in [0.2, 0.25) is 5.91 Å². The molecule has 196 valence electrons. The Kier molecular flexibility index (Phi) is 8.63. The molecule has 2 N–H and O–H groups in total. The second-order valence-electron chi connectivity index (χ2n) is 9.63. The van der Waals surface area contributed by atoms with E-state index in [1.165, 1.54) is 4.90 Å². The molecule has 0 fully saturated rings. The maximum Gasteiger partial charge on any atom is 0.322 e. The Hall–Kier alpha value is -3.91.